The van der Waals surface area contributed by atoms with Crippen molar-refractivity contribution in [2.24, 2.45) is 0 Å². The van der Waals surface area contributed by atoms with Crippen molar-refractivity contribution in [1.29, 1.82) is 0 Å². The number of methoxy groups -OCH3 is 1. The highest BCUT2D eigenvalue weighted by atomic mass is 32.1. The molecule has 0 N–H and O–H groups in total. The topological polar surface area (TPSA) is 38.8 Å². The molecule has 0 radical (unpaired) electrons. The molecule has 3 aromatic carbocycles. The number of carbonyl (C=O) groups excluding carboxylic acids is 1. The predicted molar refractivity (Wildman–Crippen MR) is 148 cm³/mol. The lowest BCUT2D eigenvalue weighted by molar-refractivity contribution is -0.140. The molecule has 4 aromatic rings. The Morgan fingerprint density at radius 3 is 2.58 bits per heavy atom. The average Bonchev–Trinajstić information content (AvgIpc) is 3.58. The molecule has 0 spiro atoms. The van der Waals surface area contributed by atoms with Gasteiger partial charge in [0.2, 0.25) is 0 Å². The highest BCUT2D eigenvalue weighted by Crippen LogP contribution is 2.32. The smallest absolute Gasteiger partial charge is 0.305 e. The van der Waals surface area contributed by atoms with E-state index in [0.29, 0.717) is 19.4 Å². The van der Waals surface area contributed by atoms with Gasteiger partial charge in [0.05, 0.1) is 13.7 Å². The second-order valence-corrected chi connectivity index (χ2v) is 10.4. The number of benzene rings is 3. The third-order valence-corrected chi connectivity index (χ3v) is 7.92. The fourth-order valence-corrected chi connectivity index (χ4v) is 5.91. The molecule has 186 valence electrons. The van der Waals surface area contributed by atoms with Gasteiger partial charge in [-0.25, -0.2) is 0 Å². The summed E-state index contributed by atoms with van der Waals surface area (Å²) in [5.74, 6) is 0.625. The number of thiophene rings is 1. The Balaban J connectivity index is 1.36. The van der Waals surface area contributed by atoms with Gasteiger partial charge in [0, 0.05) is 17.7 Å². The number of hydrogen-bond donors (Lipinski definition) is 0. The van der Waals surface area contributed by atoms with Gasteiger partial charge in [-0.15, -0.1) is 11.3 Å². The van der Waals surface area contributed by atoms with Gasteiger partial charge >= 0.3 is 5.97 Å². The van der Waals surface area contributed by atoms with E-state index in [1.165, 1.54) is 70.9 Å². The molecule has 5 rings (SSSR count). The molecule has 0 atom stereocenters. The van der Waals surface area contributed by atoms with Crippen LogP contribution in [0.3, 0.4) is 0 Å². The molecule has 5 heteroatoms. The number of hydrogen-bond acceptors (Lipinski definition) is 5. The third kappa shape index (κ3) is 5.97. The Morgan fingerprint density at radius 2 is 1.78 bits per heavy atom. The van der Waals surface area contributed by atoms with Gasteiger partial charge in [0.1, 0.15) is 5.75 Å². The van der Waals surface area contributed by atoms with Crippen LogP contribution in [0.25, 0.3) is 21.2 Å². The zero-order chi connectivity index (χ0) is 24.7. The fourth-order valence-electron chi connectivity index (χ4n) is 4.95. The van der Waals surface area contributed by atoms with Crippen molar-refractivity contribution in [1.82, 2.24) is 4.90 Å². The summed E-state index contributed by atoms with van der Waals surface area (Å²) in [5, 5.41) is 3.66. The summed E-state index contributed by atoms with van der Waals surface area (Å²) in [6.07, 6.45) is 4.54. The van der Waals surface area contributed by atoms with Crippen LogP contribution in [0, 0.1) is 0 Å². The average molecular weight is 500 g/mol. The number of likely N-dealkylation sites (tertiary alicyclic amines) is 1. The molecule has 0 unspecified atom stereocenters. The molecule has 2 heterocycles. The summed E-state index contributed by atoms with van der Waals surface area (Å²) in [6, 6.07) is 24.1. The zero-order valence-electron chi connectivity index (χ0n) is 20.9. The summed E-state index contributed by atoms with van der Waals surface area (Å²) in [5.41, 5.74) is 6.62. The van der Waals surface area contributed by atoms with Gasteiger partial charge < -0.3 is 9.47 Å². The summed E-state index contributed by atoms with van der Waals surface area (Å²) >= 11 is 1.82. The minimum atomic E-state index is -0.199. The van der Waals surface area contributed by atoms with Crippen molar-refractivity contribution in [3.8, 4) is 16.9 Å². The van der Waals surface area contributed by atoms with E-state index < -0.39 is 0 Å². The molecule has 1 aliphatic rings. The molecule has 4 nitrogen and oxygen atoms in total. The SMILES string of the molecule is COC(=O)CCCOc1ccc(-c2cc(Cc3csc4ccccc34)ccc2CN2CCCC2)cc1. The maximum atomic E-state index is 11.3. The van der Waals surface area contributed by atoms with E-state index in [9.17, 15) is 4.79 Å². The van der Waals surface area contributed by atoms with Gasteiger partial charge in [0.15, 0.2) is 0 Å². The van der Waals surface area contributed by atoms with Crippen LogP contribution < -0.4 is 4.74 Å². The monoisotopic (exact) mass is 499 g/mol. The lowest BCUT2D eigenvalue weighted by Crippen LogP contribution is -2.18. The number of esters is 1. The lowest BCUT2D eigenvalue weighted by atomic mass is 9.94. The van der Waals surface area contributed by atoms with Crippen molar-refractivity contribution in [3.63, 3.8) is 0 Å². The normalized spacial score (nSPS) is 13.8. The standard InChI is InChI=1S/C31H33NO3S/c1-34-31(33)9-6-18-35-27-14-12-24(13-15-27)29-20-23(10-11-25(29)21-32-16-4-5-17-32)19-26-22-36-30-8-3-2-7-28(26)30/h2-3,7-8,10-15,20,22H,4-6,9,16-19,21H2,1H3. The summed E-state index contributed by atoms with van der Waals surface area (Å²) in [7, 11) is 1.41. The van der Waals surface area contributed by atoms with E-state index in [4.69, 9.17) is 9.47 Å². The van der Waals surface area contributed by atoms with Crippen LogP contribution in [0.15, 0.2) is 72.1 Å². The minimum Gasteiger partial charge on any atom is -0.494 e. The second kappa shape index (κ2) is 11.7. The van der Waals surface area contributed by atoms with Crippen molar-refractivity contribution in [2.75, 3.05) is 26.8 Å². The van der Waals surface area contributed by atoms with Gasteiger partial charge in [0.25, 0.3) is 0 Å². The molecule has 1 aromatic heterocycles. The van der Waals surface area contributed by atoms with E-state index in [1.807, 2.05) is 23.5 Å². The van der Waals surface area contributed by atoms with E-state index in [0.717, 1.165) is 18.7 Å². The lowest BCUT2D eigenvalue weighted by Gasteiger charge is -2.19. The largest absolute Gasteiger partial charge is 0.494 e. The minimum absolute atomic E-state index is 0.199. The van der Waals surface area contributed by atoms with Gasteiger partial charge in [-0.3, -0.25) is 9.69 Å². The predicted octanol–water partition coefficient (Wildman–Crippen LogP) is 7.09. The number of fused-ring (bicyclic) bond motifs is 1. The molecule has 0 saturated carbocycles. The molecule has 0 amide bonds. The van der Waals surface area contributed by atoms with Crippen molar-refractivity contribution in [3.05, 3.63) is 88.8 Å². The molecular formula is C31H33NO3S. The molecule has 1 aliphatic heterocycles. The van der Waals surface area contributed by atoms with E-state index in [1.54, 1.807) is 0 Å². The molecular weight excluding hydrogens is 466 g/mol. The van der Waals surface area contributed by atoms with E-state index in [2.05, 4.69) is 64.9 Å². The molecule has 1 saturated heterocycles. The van der Waals surface area contributed by atoms with Crippen LogP contribution >= 0.6 is 11.3 Å². The van der Waals surface area contributed by atoms with Gasteiger partial charge in [-0.2, -0.15) is 0 Å². The van der Waals surface area contributed by atoms with E-state index in [-0.39, 0.29) is 5.97 Å². The highest BCUT2D eigenvalue weighted by Gasteiger charge is 2.16. The maximum Gasteiger partial charge on any atom is 0.305 e. The van der Waals surface area contributed by atoms with E-state index >= 15 is 0 Å². The van der Waals surface area contributed by atoms with Crippen LogP contribution in [0.5, 0.6) is 5.75 Å². The maximum absolute atomic E-state index is 11.3. The number of nitrogens with zero attached hydrogens (tertiary/aromatic N) is 1. The molecule has 1 fully saturated rings. The Labute approximate surface area is 217 Å². The second-order valence-electron chi connectivity index (χ2n) is 9.46. The van der Waals surface area contributed by atoms with Crippen LogP contribution in [0.4, 0.5) is 0 Å². The fraction of sp³-hybridized carbons (Fsp3) is 0.323. The van der Waals surface area contributed by atoms with Crippen LogP contribution in [-0.2, 0) is 22.5 Å². The zero-order valence-corrected chi connectivity index (χ0v) is 21.7. The third-order valence-electron chi connectivity index (χ3n) is 6.91. The molecule has 0 aliphatic carbocycles. The Hall–Kier alpha value is -3.15. The van der Waals surface area contributed by atoms with Crippen molar-refractivity contribution < 1.29 is 14.3 Å². The Kier molecular flexibility index (Phi) is 7.99. The van der Waals surface area contributed by atoms with Crippen LogP contribution in [0.1, 0.15) is 42.4 Å². The van der Waals surface area contributed by atoms with Crippen LogP contribution in [0.2, 0.25) is 0 Å². The van der Waals surface area contributed by atoms with Crippen LogP contribution in [-0.4, -0.2) is 37.7 Å². The quantitative estimate of drug-likeness (QED) is 0.173. The highest BCUT2D eigenvalue weighted by molar-refractivity contribution is 7.17. The van der Waals surface area contributed by atoms with Gasteiger partial charge in [-0.05, 0) is 95.6 Å². The molecule has 0 bridgehead atoms. The first-order valence-electron chi connectivity index (χ1n) is 12.8. The van der Waals surface area contributed by atoms with Gasteiger partial charge in [-0.1, -0.05) is 48.5 Å². The summed E-state index contributed by atoms with van der Waals surface area (Å²) in [4.78, 5) is 13.9. The first-order valence-corrected chi connectivity index (χ1v) is 13.7. The van der Waals surface area contributed by atoms with Crippen molar-refractivity contribution >= 4 is 27.4 Å². The first-order chi connectivity index (χ1) is 17.7. The summed E-state index contributed by atoms with van der Waals surface area (Å²) in [6.45, 7) is 3.85. The number of rotatable bonds is 10. The summed E-state index contributed by atoms with van der Waals surface area (Å²) < 4.78 is 11.9. The Bertz CT molecular complexity index is 1310. The van der Waals surface area contributed by atoms with Crippen molar-refractivity contribution in [2.45, 2.75) is 38.6 Å². The molecule has 36 heavy (non-hydrogen) atoms. The number of carbonyl (C=O) groups is 1. The number of ether oxygens (including phenoxy) is 2. The first kappa shape index (κ1) is 24.5. The Morgan fingerprint density at radius 1 is 0.972 bits per heavy atom.